The van der Waals surface area contributed by atoms with Crippen LogP contribution in [-0.2, 0) is 10.8 Å². The number of hydrogen-bond donors (Lipinski definition) is 1. The molecule has 0 heterocycles. The Labute approximate surface area is 78.4 Å². The molecular weight excluding hydrogens is 170 g/mol. The van der Waals surface area contributed by atoms with Crippen molar-refractivity contribution < 1.29 is 4.21 Å². The summed E-state index contributed by atoms with van der Waals surface area (Å²) in [4.78, 5) is 0. The summed E-state index contributed by atoms with van der Waals surface area (Å²) < 4.78 is 11.6. The van der Waals surface area contributed by atoms with Crippen LogP contribution in [-0.4, -0.2) is 21.8 Å². The van der Waals surface area contributed by atoms with Crippen LogP contribution >= 0.6 is 0 Å². The summed E-state index contributed by atoms with van der Waals surface area (Å²) in [6, 6.07) is 0. The normalized spacial score (nSPS) is 16.4. The van der Waals surface area contributed by atoms with Gasteiger partial charge in [-0.3, -0.25) is 4.21 Å². The first-order valence-electron chi connectivity index (χ1n) is 4.72. The van der Waals surface area contributed by atoms with E-state index in [-0.39, 0.29) is 0 Å². The van der Waals surface area contributed by atoms with E-state index in [1.807, 2.05) is 0 Å². The predicted molar refractivity (Wildman–Crippen MR) is 55.6 cm³/mol. The van der Waals surface area contributed by atoms with Gasteiger partial charge in [0.2, 0.25) is 0 Å². The van der Waals surface area contributed by atoms with Crippen molar-refractivity contribution in [3.05, 3.63) is 0 Å². The summed E-state index contributed by atoms with van der Waals surface area (Å²) in [5, 5.41) is 0.374. The Kier molecular flexibility index (Phi) is 6.67. The lowest BCUT2D eigenvalue weighted by Crippen LogP contribution is -2.23. The minimum Gasteiger partial charge on any atom is -0.330 e. The molecule has 0 saturated carbocycles. The molecule has 0 aliphatic carbocycles. The molecule has 0 radical (unpaired) electrons. The van der Waals surface area contributed by atoms with E-state index in [1.54, 1.807) is 0 Å². The van der Waals surface area contributed by atoms with Crippen LogP contribution in [0.25, 0.3) is 0 Å². The van der Waals surface area contributed by atoms with Crippen molar-refractivity contribution in [1.82, 2.24) is 0 Å². The fourth-order valence-corrected chi connectivity index (χ4v) is 2.86. The first-order chi connectivity index (χ1) is 5.65. The van der Waals surface area contributed by atoms with Crippen LogP contribution in [0.2, 0.25) is 0 Å². The van der Waals surface area contributed by atoms with Gasteiger partial charge in [0, 0.05) is 21.8 Å². The topological polar surface area (TPSA) is 43.1 Å². The quantitative estimate of drug-likeness (QED) is 0.691. The molecule has 74 valence electrons. The summed E-state index contributed by atoms with van der Waals surface area (Å²) in [5.41, 5.74) is 5.47. The third kappa shape index (κ3) is 4.21. The lowest BCUT2D eigenvalue weighted by atomic mass is 10.2. The van der Waals surface area contributed by atoms with E-state index in [2.05, 4.69) is 20.8 Å². The summed E-state index contributed by atoms with van der Waals surface area (Å²) in [6.07, 6.45) is 2.03. The lowest BCUT2D eigenvalue weighted by Gasteiger charge is -2.14. The maximum absolute atomic E-state index is 11.6. The SMILES string of the molecule is CCC(CC)S(=O)CC(C)CN. The molecule has 2 unspecified atom stereocenters. The van der Waals surface area contributed by atoms with Crippen LogP contribution in [0.15, 0.2) is 0 Å². The molecule has 0 aliphatic heterocycles. The Balaban J connectivity index is 3.84. The highest BCUT2D eigenvalue weighted by molar-refractivity contribution is 7.85. The highest BCUT2D eigenvalue weighted by Gasteiger charge is 2.14. The predicted octanol–water partition coefficient (Wildman–Crippen LogP) is 1.52. The highest BCUT2D eigenvalue weighted by Crippen LogP contribution is 2.09. The number of nitrogens with two attached hydrogens (primary N) is 1. The van der Waals surface area contributed by atoms with E-state index in [1.165, 1.54) is 0 Å². The van der Waals surface area contributed by atoms with E-state index >= 15 is 0 Å². The smallest absolute Gasteiger partial charge is 0.0342 e. The summed E-state index contributed by atoms with van der Waals surface area (Å²) in [6.45, 7) is 6.89. The second kappa shape index (κ2) is 6.61. The fourth-order valence-electron chi connectivity index (χ4n) is 1.15. The van der Waals surface area contributed by atoms with E-state index in [9.17, 15) is 4.21 Å². The van der Waals surface area contributed by atoms with Crippen LogP contribution in [0.1, 0.15) is 33.6 Å². The van der Waals surface area contributed by atoms with Gasteiger partial charge in [-0.05, 0) is 25.3 Å². The van der Waals surface area contributed by atoms with Crippen molar-refractivity contribution in [1.29, 1.82) is 0 Å². The summed E-state index contributed by atoms with van der Waals surface area (Å²) in [7, 11) is -0.668. The van der Waals surface area contributed by atoms with Gasteiger partial charge in [0.25, 0.3) is 0 Å². The molecule has 0 amide bonds. The minimum absolute atomic E-state index is 0.374. The van der Waals surface area contributed by atoms with Crippen LogP contribution in [0.3, 0.4) is 0 Å². The van der Waals surface area contributed by atoms with Crippen molar-refractivity contribution in [3.8, 4) is 0 Å². The molecule has 0 aromatic rings. The van der Waals surface area contributed by atoms with E-state index in [4.69, 9.17) is 5.73 Å². The van der Waals surface area contributed by atoms with Crippen LogP contribution in [0, 0.1) is 5.92 Å². The summed E-state index contributed by atoms with van der Waals surface area (Å²) in [5.74, 6) is 1.16. The Morgan fingerprint density at radius 1 is 1.33 bits per heavy atom. The first-order valence-corrected chi connectivity index (χ1v) is 6.11. The molecule has 0 bridgehead atoms. The van der Waals surface area contributed by atoms with Gasteiger partial charge < -0.3 is 5.73 Å². The van der Waals surface area contributed by atoms with Crippen molar-refractivity contribution in [2.24, 2.45) is 11.7 Å². The Morgan fingerprint density at radius 2 is 1.83 bits per heavy atom. The largest absolute Gasteiger partial charge is 0.330 e. The van der Waals surface area contributed by atoms with Crippen molar-refractivity contribution in [2.45, 2.75) is 38.9 Å². The zero-order valence-electron chi connectivity index (χ0n) is 8.38. The highest BCUT2D eigenvalue weighted by atomic mass is 32.2. The molecule has 3 heteroatoms. The Hall–Kier alpha value is 0.110. The third-order valence-electron chi connectivity index (χ3n) is 2.13. The van der Waals surface area contributed by atoms with E-state index < -0.39 is 10.8 Å². The molecule has 0 aromatic carbocycles. The Morgan fingerprint density at radius 3 is 2.17 bits per heavy atom. The molecule has 0 spiro atoms. The maximum Gasteiger partial charge on any atom is 0.0342 e. The molecule has 12 heavy (non-hydrogen) atoms. The standard InChI is InChI=1S/C9H21NOS/c1-4-9(5-2)12(11)7-8(3)6-10/h8-9H,4-7,10H2,1-3H3. The molecular formula is C9H21NOS. The van der Waals surface area contributed by atoms with Crippen molar-refractivity contribution in [3.63, 3.8) is 0 Å². The van der Waals surface area contributed by atoms with Gasteiger partial charge >= 0.3 is 0 Å². The first kappa shape index (κ1) is 12.1. The lowest BCUT2D eigenvalue weighted by molar-refractivity contribution is 0.623. The average molecular weight is 191 g/mol. The second-order valence-electron chi connectivity index (χ2n) is 3.33. The molecule has 2 atom stereocenters. The molecule has 2 nitrogen and oxygen atoms in total. The van der Waals surface area contributed by atoms with Gasteiger partial charge in [-0.25, -0.2) is 0 Å². The molecule has 0 aromatic heterocycles. The van der Waals surface area contributed by atoms with Crippen LogP contribution < -0.4 is 5.73 Å². The minimum atomic E-state index is -0.668. The van der Waals surface area contributed by atoms with Gasteiger partial charge in [0.15, 0.2) is 0 Å². The molecule has 0 saturated heterocycles. The molecule has 0 fully saturated rings. The zero-order chi connectivity index (χ0) is 9.56. The molecule has 2 N–H and O–H groups in total. The van der Waals surface area contributed by atoms with Gasteiger partial charge in [0.1, 0.15) is 0 Å². The van der Waals surface area contributed by atoms with Gasteiger partial charge in [-0.1, -0.05) is 20.8 Å². The average Bonchev–Trinajstić information content (AvgIpc) is 2.06. The number of rotatable bonds is 6. The Bertz CT molecular complexity index is 134. The second-order valence-corrected chi connectivity index (χ2v) is 5.09. The molecule has 0 aliphatic rings. The maximum atomic E-state index is 11.6. The van der Waals surface area contributed by atoms with Gasteiger partial charge in [0.05, 0.1) is 0 Å². The molecule has 0 rings (SSSR count). The zero-order valence-corrected chi connectivity index (χ0v) is 9.19. The van der Waals surface area contributed by atoms with E-state index in [0.717, 1.165) is 18.6 Å². The van der Waals surface area contributed by atoms with Crippen molar-refractivity contribution >= 4 is 10.8 Å². The van der Waals surface area contributed by atoms with Gasteiger partial charge in [-0.2, -0.15) is 0 Å². The van der Waals surface area contributed by atoms with Crippen LogP contribution in [0.5, 0.6) is 0 Å². The van der Waals surface area contributed by atoms with Crippen molar-refractivity contribution in [2.75, 3.05) is 12.3 Å². The van der Waals surface area contributed by atoms with Gasteiger partial charge in [-0.15, -0.1) is 0 Å². The van der Waals surface area contributed by atoms with E-state index in [0.29, 0.717) is 17.7 Å². The fraction of sp³-hybridized carbons (Fsp3) is 1.00. The third-order valence-corrected chi connectivity index (χ3v) is 4.44. The van der Waals surface area contributed by atoms with Crippen LogP contribution in [0.4, 0.5) is 0 Å². The summed E-state index contributed by atoms with van der Waals surface area (Å²) >= 11 is 0. The monoisotopic (exact) mass is 191 g/mol. The number of hydrogen-bond acceptors (Lipinski definition) is 2.